The van der Waals surface area contributed by atoms with Crippen molar-refractivity contribution in [3.63, 3.8) is 0 Å². The zero-order chi connectivity index (χ0) is 31.9. The van der Waals surface area contributed by atoms with Crippen molar-refractivity contribution in [3.05, 3.63) is 113 Å². The SMILES string of the molecule is COc1ccc(C2/C(=C(\O)c3c(C)nc4ccccn34)C(=O)C(=O)N2c2nnc(SCc3cccc4ccccc34)s2)cc1OC. The molecular weight excluding hydrogens is 623 g/mol. The Labute approximate surface area is 271 Å². The van der Waals surface area contributed by atoms with Gasteiger partial charge in [-0.25, -0.2) is 4.98 Å². The number of benzene rings is 3. The van der Waals surface area contributed by atoms with Gasteiger partial charge in [-0.1, -0.05) is 77.7 Å². The number of nitrogens with zero attached hydrogens (tertiary/aromatic N) is 5. The molecule has 12 heteroatoms. The van der Waals surface area contributed by atoms with E-state index in [1.165, 1.54) is 42.2 Å². The maximum absolute atomic E-state index is 13.8. The van der Waals surface area contributed by atoms with Gasteiger partial charge in [0.15, 0.2) is 21.6 Å². The Balaban J connectivity index is 1.32. The Bertz CT molecular complexity index is 2180. The van der Waals surface area contributed by atoms with Crippen LogP contribution in [0.1, 0.15) is 28.6 Å². The number of aliphatic hydroxyl groups is 1. The molecule has 0 bridgehead atoms. The van der Waals surface area contributed by atoms with Crippen molar-refractivity contribution in [2.75, 3.05) is 19.1 Å². The van der Waals surface area contributed by atoms with Crippen LogP contribution in [0, 0.1) is 6.92 Å². The van der Waals surface area contributed by atoms with Gasteiger partial charge in [-0.2, -0.15) is 0 Å². The number of fused-ring (bicyclic) bond motifs is 2. The molecule has 1 N–H and O–H groups in total. The molecule has 0 spiro atoms. The molecule has 1 aliphatic rings. The third-order valence-electron chi connectivity index (χ3n) is 7.93. The number of aromatic nitrogens is 4. The first-order valence-corrected chi connectivity index (χ1v) is 16.1. The number of anilines is 1. The molecule has 3 aromatic heterocycles. The summed E-state index contributed by atoms with van der Waals surface area (Å²) in [6.45, 7) is 1.74. The van der Waals surface area contributed by atoms with E-state index in [4.69, 9.17) is 9.47 Å². The molecule has 0 radical (unpaired) electrons. The highest BCUT2D eigenvalue weighted by molar-refractivity contribution is 8.00. The van der Waals surface area contributed by atoms with Crippen LogP contribution >= 0.6 is 23.1 Å². The fourth-order valence-corrected chi connectivity index (χ4v) is 7.68. The van der Waals surface area contributed by atoms with Gasteiger partial charge in [-0.3, -0.25) is 18.9 Å². The number of carbonyl (C=O) groups excluding carboxylic acids is 2. The standard InChI is InChI=1S/C34H27N5O5S2/c1-19-28(38-16-7-6-13-26(38)35-19)30(40)27-29(21-14-15-24(43-2)25(17-21)44-3)39(32(42)31(27)41)33-36-37-34(46-33)45-18-22-11-8-10-20-9-4-5-12-23(20)22/h4-17,29,40H,18H2,1-3H3/b30-27+. The highest BCUT2D eigenvalue weighted by Gasteiger charge is 2.49. The third-order valence-corrected chi connectivity index (χ3v) is 10.0. The van der Waals surface area contributed by atoms with Crippen LogP contribution in [0.2, 0.25) is 0 Å². The quantitative estimate of drug-likeness (QED) is 0.0641. The number of imidazole rings is 1. The second-order valence-corrected chi connectivity index (χ2v) is 12.7. The number of aliphatic hydroxyl groups excluding tert-OH is 1. The van der Waals surface area contributed by atoms with Crippen molar-refractivity contribution in [1.82, 2.24) is 19.6 Å². The van der Waals surface area contributed by atoms with Crippen molar-refractivity contribution in [1.29, 1.82) is 0 Å². The first kappa shape index (κ1) is 29.5. The summed E-state index contributed by atoms with van der Waals surface area (Å²) >= 11 is 2.71. The summed E-state index contributed by atoms with van der Waals surface area (Å²) in [5.41, 5.74) is 2.99. The summed E-state index contributed by atoms with van der Waals surface area (Å²) in [5, 5.41) is 23.1. The lowest BCUT2D eigenvalue weighted by molar-refractivity contribution is -0.132. The second-order valence-electron chi connectivity index (χ2n) is 10.5. The van der Waals surface area contributed by atoms with E-state index in [1.54, 1.807) is 47.9 Å². The predicted octanol–water partition coefficient (Wildman–Crippen LogP) is 6.58. The number of aryl methyl sites for hydroxylation is 1. The monoisotopic (exact) mass is 649 g/mol. The van der Waals surface area contributed by atoms with E-state index in [9.17, 15) is 14.7 Å². The fourth-order valence-electron chi connectivity index (χ4n) is 5.81. The topological polar surface area (TPSA) is 119 Å². The van der Waals surface area contributed by atoms with Crippen molar-refractivity contribution >= 4 is 62.1 Å². The summed E-state index contributed by atoms with van der Waals surface area (Å²) < 4.78 is 13.3. The highest BCUT2D eigenvalue weighted by Crippen LogP contribution is 2.46. The summed E-state index contributed by atoms with van der Waals surface area (Å²) in [4.78, 5) is 33.5. The molecule has 7 rings (SSSR count). The van der Waals surface area contributed by atoms with Crippen LogP contribution in [0.4, 0.5) is 5.13 Å². The molecule has 46 heavy (non-hydrogen) atoms. The first-order valence-electron chi connectivity index (χ1n) is 14.3. The van der Waals surface area contributed by atoms with Gasteiger partial charge in [-0.05, 0) is 53.1 Å². The lowest BCUT2D eigenvalue weighted by Gasteiger charge is -2.23. The molecule has 0 saturated carbocycles. The van der Waals surface area contributed by atoms with Gasteiger partial charge in [0, 0.05) is 11.9 Å². The smallest absolute Gasteiger partial charge is 0.301 e. The predicted molar refractivity (Wildman–Crippen MR) is 178 cm³/mol. The van der Waals surface area contributed by atoms with Crippen LogP contribution in [0.3, 0.4) is 0 Å². The maximum Gasteiger partial charge on any atom is 0.301 e. The number of Topliss-reactive ketones (excluding diaryl/α,β-unsaturated/α-hetero) is 1. The minimum atomic E-state index is -1.03. The van der Waals surface area contributed by atoms with E-state index in [-0.39, 0.29) is 16.5 Å². The minimum Gasteiger partial charge on any atom is -0.505 e. The number of ether oxygens (including phenoxy) is 2. The molecule has 4 heterocycles. The normalized spacial score (nSPS) is 16.1. The number of ketones is 1. The number of amides is 1. The summed E-state index contributed by atoms with van der Waals surface area (Å²) in [7, 11) is 3.03. The van der Waals surface area contributed by atoms with E-state index in [1.807, 2.05) is 24.3 Å². The average Bonchev–Trinajstić information content (AvgIpc) is 3.76. The number of pyridine rings is 1. The molecule has 1 saturated heterocycles. The summed E-state index contributed by atoms with van der Waals surface area (Å²) in [6.07, 6.45) is 1.75. The van der Waals surface area contributed by atoms with Gasteiger partial charge in [0.25, 0.3) is 5.78 Å². The highest BCUT2D eigenvalue weighted by atomic mass is 32.2. The number of hydrogen-bond acceptors (Lipinski definition) is 10. The largest absolute Gasteiger partial charge is 0.505 e. The van der Waals surface area contributed by atoms with Crippen LogP contribution in [0.25, 0.3) is 22.2 Å². The number of carbonyl (C=O) groups is 2. The maximum atomic E-state index is 13.8. The van der Waals surface area contributed by atoms with Gasteiger partial charge in [-0.15, -0.1) is 10.2 Å². The molecule has 1 amide bonds. The van der Waals surface area contributed by atoms with Crippen molar-refractivity contribution in [2.24, 2.45) is 0 Å². The van der Waals surface area contributed by atoms with Crippen molar-refractivity contribution in [3.8, 4) is 11.5 Å². The average molecular weight is 650 g/mol. The lowest BCUT2D eigenvalue weighted by atomic mass is 9.96. The Morgan fingerprint density at radius 2 is 1.74 bits per heavy atom. The molecule has 1 unspecified atom stereocenters. The number of rotatable bonds is 8. The van der Waals surface area contributed by atoms with Gasteiger partial charge < -0.3 is 14.6 Å². The van der Waals surface area contributed by atoms with E-state index in [0.29, 0.717) is 44.2 Å². The van der Waals surface area contributed by atoms with Crippen molar-refractivity contribution < 1.29 is 24.2 Å². The van der Waals surface area contributed by atoms with Gasteiger partial charge in [0.2, 0.25) is 5.13 Å². The van der Waals surface area contributed by atoms with E-state index >= 15 is 0 Å². The van der Waals surface area contributed by atoms with E-state index in [0.717, 1.165) is 16.3 Å². The number of hydrogen-bond donors (Lipinski definition) is 1. The van der Waals surface area contributed by atoms with E-state index < -0.39 is 17.7 Å². The Morgan fingerprint density at radius 3 is 2.57 bits per heavy atom. The molecule has 10 nitrogen and oxygen atoms in total. The molecule has 0 aliphatic carbocycles. The van der Waals surface area contributed by atoms with Crippen LogP contribution in [-0.4, -0.2) is 50.6 Å². The Kier molecular flexibility index (Phi) is 7.67. The van der Waals surface area contributed by atoms with E-state index in [2.05, 4.69) is 39.4 Å². The zero-order valence-electron chi connectivity index (χ0n) is 25.0. The summed E-state index contributed by atoms with van der Waals surface area (Å²) in [6, 6.07) is 23.9. The zero-order valence-corrected chi connectivity index (χ0v) is 26.6. The fraction of sp³-hybridized carbons (Fsp3) is 0.147. The Morgan fingerprint density at radius 1 is 0.957 bits per heavy atom. The molecule has 230 valence electrons. The molecule has 1 fully saturated rings. The molecule has 6 aromatic rings. The first-order chi connectivity index (χ1) is 22.4. The second kappa shape index (κ2) is 12.0. The van der Waals surface area contributed by atoms with Crippen molar-refractivity contribution in [2.45, 2.75) is 23.1 Å². The molecule has 1 atom stereocenters. The number of methoxy groups -OCH3 is 2. The Hall–Kier alpha value is -5.20. The molecule has 3 aromatic carbocycles. The van der Waals surface area contributed by atoms with Crippen LogP contribution in [-0.2, 0) is 15.3 Å². The lowest BCUT2D eigenvalue weighted by Crippen LogP contribution is -2.29. The van der Waals surface area contributed by atoms with Crippen LogP contribution in [0.15, 0.2) is 95.0 Å². The summed E-state index contributed by atoms with van der Waals surface area (Å²) in [5.74, 6) is -0.491. The van der Waals surface area contributed by atoms with Gasteiger partial charge in [0.05, 0.1) is 31.5 Å². The van der Waals surface area contributed by atoms with Crippen LogP contribution < -0.4 is 14.4 Å². The number of thioether (sulfide) groups is 1. The van der Waals surface area contributed by atoms with Gasteiger partial charge >= 0.3 is 5.91 Å². The van der Waals surface area contributed by atoms with Gasteiger partial charge in [0.1, 0.15) is 11.3 Å². The molecular formula is C34H27N5O5S2. The van der Waals surface area contributed by atoms with Crippen LogP contribution in [0.5, 0.6) is 11.5 Å². The third kappa shape index (κ3) is 4.95. The molecule has 1 aliphatic heterocycles. The minimum absolute atomic E-state index is 0.0915.